The lowest BCUT2D eigenvalue weighted by Crippen LogP contribution is -2.56. The van der Waals surface area contributed by atoms with E-state index in [0.717, 1.165) is 11.1 Å². The molecule has 0 amide bonds. The summed E-state index contributed by atoms with van der Waals surface area (Å²) in [6.45, 7) is 22.3. The van der Waals surface area contributed by atoms with E-state index in [1.807, 2.05) is 91.8 Å². The molecule has 0 saturated carbocycles. The predicted molar refractivity (Wildman–Crippen MR) is 300 cm³/mol. The normalized spacial score (nSPS) is 40.7. The quantitative estimate of drug-likeness (QED) is 0.0637. The Labute approximate surface area is 475 Å². The molecule has 5 aliphatic rings. The van der Waals surface area contributed by atoms with Crippen molar-refractivity contribution in [3.8, 4) is 0 Å². The second-order valence-corrected chi connectivity index (χ2v) is 23.4. The number of carbonyl (C=O) groups excluding carboxylic acids is 2. The highest BCUT2D eigenvalue weighted by Gasteiger charge is 2.51. The van der Waals surface area contributed by atoms with Gasteiger partial charge in [0, 0.05) is 86.2 Å². The minimum absolute atomic E-state index is 0.00199. The molecule has 4 fully saturated rings. The molecule has 8 N–H and O–H groups in total. The highest BCUT2D eigenvalue weighted by molar-refractivity contribution is 5.83. The van der Waals surface area contributed by atoms with E-state index in [1.54, 1.807) is 39.8 Å². The number of aliphatic hydroxyl groups excluding tert-OH is 6. The first-order valence-corrected chi connectivity index (χ1v) is 29.8. The number of cyclic esters (lactones) is 2. The zero-order chi connectivity index (χ0) is 59.2. The van der Waals surface area contributed by atoms with E-state index in [9.17, 15) is 50.4 Å². The number of hydrogen-bond donors (Lipinski definition) is 8. The Bertz CT molecular complexity index is 1950. The lowest BCUT2D eigenvalue weighted by Gasteiger charge is -2.48. The van der Waals surface area contributed by atoms with Crippen molar-refractivity contribution < 1.29 is 88.3 Å². The number of carbonyl (C=O) groups is 2. The predicted octanol–water partition coefficient (Wildman–Crippen LogP) is 7.08. The summed E-state index contributed by atoms with van der Waals surface area (Å²) >= 11 is 0. The average molecular weight is 1130 g/mol. The molecule has 5 aliphatic heterocycles. The Kier molecular flexibility index (Phi) is 26.3. The molecule has 18 heteroatoms. The van der Waals surface area contributed by atoms with Crippen LogP contribution in [0.25, 0.3) is 0 Å². The van der Waals surface area contributed by atoms with Crippen molar-refractivity contribution in [2.24, 2.45) is 35.5 Å². The smallest absolute Gasteiger partial charge is 0.331 e. The summed E-state index contributed by atoms with van der Waals surface area (Å²) in [5.41, 5.74) is 1.55. The van der Waals surface area contributed by atoms with Gasteiger partial charge >= 0.3 is 11.9 Å². The Hall–Kier alpha value is -3.18. The molecule has 80 heavy (non-hydrogen) atoms. The summed E-state index contributed by atoms with van der Waals surface area (Å²) in [5, 5.41) is 89.7. The van der Waals surface area contributed by atoms with Gasteiger partial charge in [-0.1, -0.05) is 104 Å². The Morgan fingerprint density at radius 2 is 0.925 bits per heavy atom. The van der Waals surface area contributed by atoms with Gasteiger partial charge in [-0.3, -0.25) is 0 Å². The van der Waals surface area contributed by atoms with E-state index in [-0.39, 0.29) is 50.4 Å². The van der Waals surface area contributed by atoms with Gasteiger partial charge in [0.2, 0.25) is 0 Å². The molecule has 4 saturated heterocycles. The molecule has 0 aliphatic carbocycles. The third-order valence-electron chi connectivity index (χ3n) is 17.6. The zero-order valence-electron chi connectivity index (χ0n) is 49.6. The fraction of sp³-hybridized carbons (Fsp3) is 0.774. The molecule has 0 spiro atoms. The van der Waals surface area contributed by atoms with Crippen molar-refractivity contribution in [3.63, 3.8) is 0 Å². The van der Waals surface area contributed by atoms with Gasteiger partial charge in [0.1, 0.15) is 24.4 Å². The highest BCUT2D eigenvalue weighted by atomic mass is 16.7. The van der Waals surface area contributed by atoms with Crippen LogP contribution in [0, 0.1) is 35.5 Å². The van der Waals surface area contributed by atoms with E-state index in [0.29, 0.717) is 38.5 Å². The van der Waals surface area contributed by atoms with E-state index in [2.05, 4.69) is 0 Å². The van der Waals surface area contributed by atoms with Gasteiger partial charge in [0.05, 0.1) is 61.0 Å². The molecule has 0 aromatic rings. The van der Waals surface area contributed by atoms with E-state index in [4.69, 9.17) is 37.9 Å². The largest absolute Gasteiger partial charge is 0.458 e. The summed E-state index contributed by atoms with van der Waals surface area (Å²) in [6.07, 6.45) is 6.90. The van der Waals surface area contributed by atoms with Crippen molar-refractivity contribution in [2.45, 2.75) is 270 Å². The van der Waals surface area contributed by atoms with Crippen molar-refractivity contribution in [1.82, 2.24) is 0 Å². The van der Waals surface area contributed by atoms with Gasteiger partial charge in [-0.2, -0.15) is 0 Å². The number of rotatable bonds is 18. The lowest BCUT2D eigenvalue weighted by molar-refractivity contribution is -0.331. The molecule has 0 radical (unpaired) electrons. The average Bonchev–Trinajstić information content (AvgIpc) is 3.39. The molecule has 24 unspecified atom stereocenters. The maximum absolute atomic E-state index is 13.9. The van der Waals surface area contributed by atoms with E-state index < -0.39 is 145 Å². The SMILES string of the molecule is CCC1=CC=CC(CC)C(C(C)C(O)CC2(O)CC(OC3CC(O)C(O)C(C)O3)C(CC)C(C)O2)OC(=O)C=CC(CC)=CC=CC(CC)C(C(C)C(O)CC2(O)CC(OC3CC(O)C(O)C(C)O3)C(CC)C(C)O2)OC(=O)C=C1. The number of ether oxygens (including phenoxy) is 8. The number of hydrogen-bond acceptors (Lipinski definition) is 18. The molecule has 18 nitrogen and oxygen atoms in total. The maximum atomic E-state index is 13.9. The highest BCUT2D eigenvalue weighted by Crippen LogP contribution is 2.43. The van der Waals surface area contributed by atoms with Crippen LogP contribution in [0.5, 0.6) is 0 Å². The Morgan fingerprint density at radius 3 is 1.24 bits per heavy atom. The molecule has 5 heterocycles. The molecule has 5 rings (SSSR count). The van der Waals surface area contributed by atoms with Crippen molar-refractivity contribution >= 4 is 11.9 Å². The summed E-state index contributed by atoms with van der Waals surface area (Å²) in [4.78, 5) is 27.8. The zero-order valence-corrected chi connectivity index (χ0v) is 49.6. The van der Waals surface area contributed by atoms with Crippen LogP contribution in [0.3, 0.4) is 0 Å². The molecule has 24 atom stereocenters. The second kappa shape index (κ2) is 31.1. The Morgan fingerprint density at radius 1 is 0.562 bits per heavy atom. The molecule has 0 aromatic carbocycles. The van der Waals surface area contributed by atoms with Gasteiger partial charge < -0.3 is 78.7 Å². The van der Waals surface area contributed by atoms with Crippen LogP contribution in [0.4, 0.5) is 0 Å². The van der Waals surface area contributed by atoms with Crippen LogP contribution in [0.2, 0.25) is 0 Å². The van der Waals surface area contributed by atoms with Gasteiger partial charge in [0.25, 0.3) is 0 Å². The van der Waals surface area contributed by atoms with E-state index in [1.165, 1.54) is 12.2 Å². The third kappa shape index (κ3) is 18.4. The molecule has 0 bridgehead atoms. The fourth-order valence-corrected chi connectivity index (χ4v) is 12.4. The van der Waals surface area contributed by atoms with Gasteiger partial charge in [-0.25, -0.2) is 9.59 Å². The minimum atomic E-state index is -1.83. The summed E-state index contributed by atoms with van der Waals surface area (Å²) < 4.78 is 49.6. The third-order valence-corrected chi connectivity index (χ3v) is 17.6. The van der Waals surface area contributed by atoms with Gasteiger partial charge in [-0.05, 0) is 77.4 Å². The van der Waals surface area contributed by atoms with Crippen LogP contribution in [-0.4, -0.2) is 162 Å². The van der Waals surface area contributed by atoms with Crippen molar-refractivity contribution in [3.05, 3.63) is 71.9 Å². The van der Waals surface area contributed by atoms with Crippen molar-refractivity contribution in [2.75, 3.05) is 0 Å². The first kappa shape index (κ1) is 67.6. The van der Waals surface area contributed by atoms with Crippen molar-refractivity contribution in [1.29, 1.82) is 0 Å². The van der Waals surface area contributed by atoms with Gasteiger partial charge in [0.15, 0.2) is 24.2 Å². The minimum Gasteiger partial charge on any atom is -0.458 e. The van der Waals surface area contributed by atoms with Gasteiger partial charge in [-0.15, -0.1) is 0 Å². The maximum Gasteiger partial charge on any atom is 0.331 e. The van der Waals surface area contributed by atoms with Crippen LogP contribution < -0.4 is 0 Å². The Balaban J connectivity index is 1.37. The standard InChI is InChI=1S/C62H100O18/c1-13-41-21-19-23-43(15-3)59(35(7)49(65)31-61(71)33-51(45(17-5)37(9)79-61)75-55-29-47(63)57(69)39(11)73-55)78-54(68)28-26-42(14-2)22-20-24-44(16-4)60(77-53(67)27-25-41)36(8)50(66)32-62(72)34-52(46(18-6)38(10)80-62)76-56-30-48(64)58(70)40(12)74-56/h19-28,35-40,43-52,55-60,63-66,69-72H,13-18,29-34H2,1-12H3. The summed E-state index contributed by atoms with van der Waals surface area (Å²) in [5.74, 6) is -7.44. The van der Waals surface area contributed by atoms with Crippen LogP contribution in [-0.2, 0) is 47.5 Å². The topological polar surface area (TPSA) is 270 Å². The van der Waals surface area contributed by atoms with Crippen LogP contribution >= 0.6 is 0 Å². The molecule has 456 valence electrons. The number of aliphatic hydroxyl groups is 8. The first-order chi connectivity index (χ1) is 37.8. The monoisotopic (exact) mass is 1130 g/mol. The summed E-state index contributed by atoms with van der Waals surface area (Å²) in [6, 6.07) is 0. The van der Waals surface area contributed by atoms with Crippen LogP contribution in [0.1, 0.15) is 160 Å². The molecular weight excluding hydrogens is 1030 g/mol. The molecule has 0 aromatic heterocycles. The first-order valence-electron chi connectivity index (χ1n) is 29.8. The van der Waals surface area contributed by atoms with E-state index >= 15 is 0 Å². The second-order valence-electron chi connectivity index (χ2n) is 23.4. The molecular formula is C62H100O18. The lowest BCUT2D eigenvalue weighted by atomic mass is 9.80. The fourth-order valence-electron chi connectivity index (χ4n) is 12.4. The van der Waals surface area contributed by atoms with Crippen LogP contribution in [0.15, 0.2) is 71.9 Å². The number of allylic oxidation sites excluding steroid dienone is 8. The number of esters is 2. The summed E-state index contributed by atoms with van der Waals surface area (Å²) in [7, 11) is 0.